The van der Waals surface area contributed by atoms with Gasteiger partial charge in [0.25, 0.3) is 23.6 Å². The summed E-state index contributed by atoms with van der Waals surface area (Å²) in [7, 11) is 2.61. The molecule has 0 spiro atoms. The monoisotopic (exact) mass is 2140 g/mol. The molecule has 34 heteroatoms. The van der Waals surface area contributed by atoms with Gasteiger partial charge in [-0.3, -0.25) is 59.3 Å². The molecule has 13 rings (SSSR count). The Morgan fingerprint density at radius 3 is 1.23 bits per heavy atom. The van der Waals surface area contributed by atoms with Gasteiger partial charge in [-0.25, -0.2) is 14.4 Å². The molecule has 126 heavy (non-hydrogen) atoms. The number of carbonyl (C=O) groups is 8. The molecule has 0 atom stereocenters. The van der Waals surface area contributed by atoms with Gasteiger partial charge in [-0.15, -0.1) is 0 Å². The van der Waals surface area contributed by atoms with Crippen LogP contribution in [0.15, 0.2) is 186 Å². The zero-order valence-corrected chi connectivity index (χ0v) is 81.5. The van der Waals surface area contributed by atoms with Crippen molar-refractivity contribution in [1.82, 2.24) is 50.3 Å². The molecule has 5 aliphatic rings. The van der Waals surface area contributed by atoms with Crippen LogP contribution in [0, 0.1) is 17.8 Å². The number of rotatable bonds is 14. The number of fused-ring (bicyclic) bond motifs is 2. The molecule has 8 aromatic rings. The molecule has 0 bridgehead atoms. The van der Waals surface area contributed by atoms with Crippen molar-refractivity contribution in [1.29, 1.82) is 0 Å². The molecule has 6 aromatic heterocycles. The van der Waals surface area contributed by atoms with Crippen molar-refractivity contribution in [2.75, 3.05) is 27.3 Å². The average Bonchev–Trinajstić information content (AvgIpc) is 1.63. The summed E-state index contributed by atoms with van der Waals surface area (Å²) in [6.07, 6.45) is 34.9. The maximum absolute atomic E-state index is 12.5. The number of amides is 5. The Kier molecular flexibility index (Phi) is 68.8. The second-order valence-corrected chi connectivity index (χ2v) is 35.5. The molecule has 691 valence electrons. The van der Waals surface area contributed by atoms with Crippen LogP contribution in [0.4, 0.5) is 14.4 Å². The number of hydrogen-bond donors (Lipinski definition) is 5. The Morgan fingerprint density at radius 1 is 0.516 bits per heavy atom. The number of carbonyl (C=O) groups excluding carboxylic acids is 8. The minimum Gasteiger partial charge on any atom is -1.00 e. The van der Waals surface area contributed by atoms with Crippen LogP contribution in [-0.4, -0.2) is 151 Å². The molecule has 5 amide bonds. The summed E-state index contributed by atoms with van der Waals surface area (Å²) in [6, 6.07) is 25.2. The van der Waals surface area contributed by atoms with Crippen LogP contribution >= 0.6 is 95.6 Å². The average molecular weight is 2150 g/mol. The van der Waals surface area contributed by atoms with Crippen molar-refractivity contribution in [2.45, 2.75) is 234 Å². The first-order valence-electron chi connectivity index (χ1n) is 38.1. The number of nitrogens with one attached hydrogen (secondary N) is 2. The molecule has 8 heterocycles. The van der Waals surface area contributed by atoms with Crippen molar-refractivity contribution in [3.8, 4) is 5.75 Å². The third-order valence-corrected chi connectivity index (χ3v) is 19.4. The Bertz CT molecular complexity index is 4280. The first kappa shape index (κ1) is 127. The van der Waals surface area contributed by atoms with Crippen LogP contribution in [0.2, 0.25) is 0 Å². The number of halogens is 6. The van der Waals surface area contributed by atoms with E-state index in [0.717, 1.165) is 107 Å². The van der Waals surface area contributed by atoms with Crippen LogP contribution in [0.1, 0.15) is 255 Å². The third-order valence-electron chi connectivity index (χ3n) is 16.8. The Morgan fingerprint density at radius 2 is 0.865 bits per heavy atom. The van der Waals surface area contributed by atoms with E-state index < -0.39 is 29.1 Å². The van der Waals surface area contributed by atoms with E-state index in [1.165, 1.54) is 74.7 Å². The summed E-state index contributed by atoms with van der Waals surface area (Å²) in [5.41, 5.74) is 10.3. The van der Waals surface area contributed by atoms with Crippen LogP contribution in [-0.2, 0) is 56.5 Å². The molecule has 3 radical (unpaired) electrons. The predicted octanol–water partition coefficient (Wildman–Crippen LogP) is 20.0. The van der Waals surface area contributed by atoms with Gasteiger partial charge < -0.3 is 56.1 Å². The second-order valence-electron chi connectivity index (χ2n) is 30.0. The number of aliphatic hydroxyl groups is 2. The molecular formula is C92H132BBr6N11NaO15. The Balaban J connectivity index is -0.000000327. The van der Waals surface area contributed by atoms with E-state index >= 15 is 0 Å². The van der Waals surface area contributed by atoms with Crippen molar-refractivity contribution in [2.24, 2.45) is 23.5 Å². The molecule has 6 N–H and O–H groups in total. The van der Waals surface area contributed by atoms with Crippen LogP contribution in [0.25, 0.3) is 0 Å². The summed E-state index contributed by atoms with van der Waals surface area (Å²) >= 11 is 20.0. The molecule has 3 saturated carbocycles. The normalized spacial score (nSPS) is 12.9. The van der Waals surface area contributed by atoms with E-state index in [2.05, 4.69) is 147 Å². The zero-order chi connectivity index (χ0) is 87.4. The van der Waals surface area contributed by atoms with Gasteiger partial charge in [0, 0.05) is 136 Å². The predicted molar refractivity (Wildman–Crippen MR) is 520 cm³/mol. The maximum atomic E-state index is 12.5. The number of pyridine rings is 6. The number of aliphatic hydroxyl groups excluding tert-OH is 2. The second kappa shape index (κ2) is 68.0. The summed E-state index contributed by atoms with van der Waals surface area (Å²) in [5, 5.41) is 21.3. The van der Waals surface area contributed by atoms with E-state index in [-0.39, 0.29) is 127 Å². The van der Waals surface area contributed by atoms with Gasteiger partial charge in [0.05, 0.1) is 55.3 Å². The maximum Gasteiger partial charge on any atom is 1.00 e. The minimum atomic E-state index is -1.06. The van der Waals surface area contributed by atoms with Crippen LogP contribution in [0.5, 0.6) is 5.75 Å². The molecule has 26 nitrogen and oxygen atoms in total. The molecule has 0 unspecified atom stereocenters. The first-order chi connectivity index (χ1) is 56.0. The van der Waals surface area contributed by atoms with Crippen LogP contribution < -0.4 is 50.7 Å². The quantitative estimate of drug-likeness (QED) is 0.0169. The Hall–Kier alpha value is -7.12. The van der Waals surface area contributed by atoms with Gasteiger partial charge in [0.15, 0.2) is 0 Å². The van der Waals surface area contributed by atoms with Gasteiger partial charge in [0.2, 0.25) is 0 Å². The van der Waals surface area contributed by atoms with Crippen LogP contribution in [0.3, 0.4) is 0 Å². The van der Waals surface area contributed by atoms with Crippen molar-refractivity contribution >= 4 is 152 Å². The molecule has 2 aromatic carbocycles. The van der Waals surface area contributed by atoms with Crippen molar-refractivity contribution < 1.29 is 103 Å². The van der Waals surface area contributed by atoms with E-state index in [9.17, 15) is 38.4 Å². The van der Waals surface area contributed by atoms with E-state index in [0.29, 0.717) is 47.2 Å². The summed E-state index contributed by atoms with van der Waals surface area (Å²) in [4.78, 5) is 118. The summed E-state index contributed by atoms with van der Waals surface area (Å²) in [6.45, 7) is 20.0. The number of imide groups is 2. The van der Waals surface area contributed by atoms with E-state index in [4.69, 9.17) is 34.9 Å². The smallest absolute Gasteiger partial charge is 1.00 e. The number of nitrogens with two attached hydrogens (primary N) is 1. The topological polar surface area (TPSA) is 357 Å². The summed E-state index contributed by atoms with van der Waals surface area (Å²) < 4.78 is 29.9. The van der Waals surface area contributed by atoms with Crippen molar-refractivity contribution in [3.63, 3.8) is 0 Å². The number of nitrogens with zero attached hydrogens (tertiary/aromatic N) is 8. The Labute approximate surface area is 824 Å². The molecular weight excluding hydrogens is 2010 g/mol. The third kappa shape index (κ3) is 52.5. The van der Waals surface area contributed by atoms with Gasteiger partial charge in [-0.05, 0) is 303 Å². The standard InChI is InChI=1S/C17H25BrN2O2.C14H9BrN2O2.C12H17BrN2.C10H18O5.C8H5NO2.C6H7BrN2.2C6H6BrNO.C6H10O.CH4O.6CH4.B.Na.H/c1-17(2,3)22-16(21)20(11-13-6-4-5-7-13)12-14-8-15(18)10-19-9-14;15-10-5-9(6-16-7-10)8-17-13(18)11-3-1-2-4-12(11)14(17)19;13-12-5-11(8-15-9-12)7-14-6-10-3-1-2-4-10;1-9(2,3)14-7(11)13-8(12)15-10(4,5)6;10-7-5-3-1-2-4-6(5)8(11)9-7;7-6-1-5(2-8)3-9-4-6;1-9-6-2-5(7)3-8-4-6;7-6-1-5(4-9)2-8-3-6;7-5-6-3-1-2-4-6;1-2;;;;;;;;;/h8-10,13H,4-7,11-12H2,1-3H3;1-7H,8H2;5,8-10,14H,1-4,6-7H2;1-6H3;1-4H,(H,9,10,11);1,3-4H,2,8H2;2-4H,1H3;1-3,9H,4H2;5-6H,1-4H2;2H,1H3;6*1H4;;;/q;;;;;;;;;;;;;;;;;+1;-1. The SMILES string of the molecule is Brc1cncc(CNCC2CCCC2)c1.C.C.C.C.C.C.CC(C)(C)OC(=O)N(Cc1cncc(Br)c1)CC1CCCC1.CC(C)(C)OC(=O)OC(=O)OC(C)(C)C.CO.COc1cncc(Br)c1.NCc1cncc(Br)c1.O=C1NC(=O)c2ccccc21.O=C1c2ccccc2C(=O)N1Cc1cncc(Br)c1.O=CC1CCCC1.OCc1cncc(Br)c1.[B].[H-].[Na+]. The number of benzene rings is 2. The van der Waals surface area contributed by atoms with Gasteiger partial charge in [-0.1, -0.05) is 107 Å². The number of aromatic nitrogens is 6. The molecule has 0 saturated heterocycles. The van der Waals surface area contributed by atoms with E-state index in [1.807, 2.05) is 68.4 Å². The fourth-order valence-electron chi connectivity index (χ4n) is 11.5. The molecule has 3 aliphatic carbocycles. The fourth-order valence-corrected chi connectivity index (χ4v) is 13.9. The van der Waals surface area contributed by atoms with Gasteiger partial charge >= 0.3 is 48.0 Å². The minimum absolute atomic E-state index is 0. The number of methoxy groups -OCH3 is 1. The summed E-state index contributed by atoms with van der Waals surface area (Å²) in [5.74, 6) is 1.58. The first-order valence-corrected chi connectivity index (χ1v) is 42.8. The van der Waals surface area contributed by atoms with E-state index in [1.54, 1.807) is 159 Å². The number of ether oxygens (including phenoxy) is 5. The largest absolute Gasteiger partial charge is 1.00 e. The zero-order valence-electron chi connectivity index (χ0n) is 71.0. The van der Waals surface area contributed by atoms with Crippen molar-refractivity contribution in [3.05, 3.63) is 236 Å². The number of hydrogen-bond acceptors (Lipinski definition) is 23. The number of aldehydes is 1. The van der Waals surface area contributed by atoms with Gasteiger partial charge in [-0.2, -0.15) is 0 Å². The molecule has 2 aliphatic heterocycles. The fraction of sp³-hybridized carbons (Fsp3) is 0.457. The molecule has 3 fully saturated rings. The van der Waals surface area contributed by atoms with Gasteiger partial charge in [0.1, 0.15) is 28.8 Å².